The molecule has 12 nitrogen and oxygen atoms in total. The molecule has 0 aliphatic carbocycles. The highest BCUT2D eigenvalue weighted by molar-refractivity contribution is 7.92. The van der Waals surface area contributed by atoms with Crippen molar-refractivity contribution in [2.75, 3.05) is 26.0 Å². The number of methoxy groups -OCH3 is 2. The van der Waals surface area contributed by atoms with E-state index in [9.17, 15) is 13.2 Å². The van der Waals surface area contributed by atoms with Gasteiger partial charge in [0.2, 0.25) is 0 Å². The standard InChI is InChI=1S/C22H24N6O6S.ClH/c1-24-22(29)15-4-5-19(16(8-15)32-2)35(30,31)27-21-20-17(33-3)6-13(7-18(20)34-26-21)11-28-12-14(9-23)10-25-28;/h4-8,10,12H,9,11,23H2,1-3H3,(H,24,29)(H,26,27);1H. The number of hydrogen-bond acceptors (Lipinski definition) is 9. The van der Waals surface area contributed by atoms with E-state index >= 15 is 0 Å². The van der Waals surface area contributed by atoms with E-state index in [-0.39, 0.29) is 40.3 Å². The molecule has 192 valence electrons. The number of sulfonamides is 1. The molecule has 0 bridgehead atoms. The zero-order valence-corrected chi connectivity index (χ0v) is 21.3. The minimum absolute atomic E-state index is 0. The Bertz CT molecular complexity index is 1500. The van der Waals surface area contributed by atoms with Gasteiger partial charge < -0.3 is 25.0 Å². The molecule has 4 rings (SSSR count). The number of fused-ring (bicyclic) bond motifs is 1. The molecular weight excluding hydrogens is 512 g/mol. The molecule has 4 aromatic rings. The Kier molecular flexibility index (Phi) is 8.07. The summed E-state index contributed by atoms with van der Waals surface area (Å²) in [5.74, 6) is -0.0655. The topological polar surface area (TPSA) is 164 Å². The summed E-state index contributed by atoms with van der Waals surface area (Å²) in [6, 6.07) is 7.48. The van der Waals surface area contributed by atoms with Crippen molar-refractivity contribution >= 4 is 45.1 Å². The number of carbonyl (C=O) groups excluding carboxylic acids is 1. The average Bonchev–Trinajstić information content (AvgIpc) is 3.49. The van der Waals surface area contributed by atoms with Crippen LogP contribution in [-0.4, -0.2) is 50.5 Å². The molecule has 0 spiro atoms. The maximum atomic E-state index is 13.2. The van der Waals surface area contributed by atoms with Crippen molar-refractivity contribution in [2.24, 2.45) is 5.73 Å². The third kappa shape index (κ3) is 5.22. The normalized spacial score (nSPS) is 11.1. The van der Waals surface area contributed by atoms with E-state index in [1.165, 1.54) is 39.5 Å². The maximum Gasteiger partial charge on any atom is 0.266 e. The minimum atomic E-state index is -4.16. The Balaban J connectivity index is 0.00000361. The van der Waals surface area contributed by atoms with Gasteiger partial charge in [0.1, 0.15) is 21.8 Å². The van der Waals surface area contributed by atoms with Gasteiger partial charge >= 0.3 is 0 Å². The largest absolute Gasteiger partial charge is 0.496 e. The number of hydrogen-bond donors (Lipinski definition) is 3. The van der Waals surface area contributed by atoms with Crippen molar-refractivity contribution in [3.63, 3.8) is 0 Å². The van der Waals surface area contributed by atoms with Crippen LogP contribution in [0.2, 0.25) is 0 Å². The smallest absolute Gasteiger partial charge is 0.266 e. The van der Waals surface area contributed by atoms with Crippen molar-refractivity contribution in [1.29, 1.82) is 0 Å². The van der Waals surface area contributed by atoms with E-state index in [1.54, 1.807) is 23.0 Å². The summed E-state index contributed by atoms with van der Waals surface area (Å²) in [6.07, 6.45) is 3.52. The molecule has 0 saturated heterocycles. The van der Waals surface area contributed by atoms with Crippen LogP contribution in [0.25, 0.3) is 11.0 Å². The molecule has 1 amide bonds. The second-order valence-electron chi connectivity index (χ2n) is 7.50. The SMILES string of the molecule is CNC(=O)c1ccc(S(=O)(=O)Nc2noc3cc(Cn4cc(CN)cn4)cc(OC)c23)c(OC)c1.Cl. The number of carbonyl (C=O) groups is 1. The number of anilines is 1. The fraction of sp³-hybridized carbons (Fsp3) is 0.227. The number of halogens is 1. The molecule has 0 saturated carbocycles. The fourth-order valence-electron chi connectivity index (χ4n) is 3.55. The minimum Gasteiger partial charge on any atom is -0.496 e. The van der Waals surface area contributed by atoms with E-state index in [2.05, 4.69) is 20.3 Å². The maximum absolute atomic E-state index is 13.2. The predicted molar refractivity (Wildman–Crippen MR) is 134 cm³/mol. The van der Waals surface area contributed by atoms with Crippen LogP contribution < -0.4 is 25.2 Å². The average molecular weight is 537 g/mol. The van der Waals surface area contributed by atoms with Gasteiger partial charge in [0.05, 0.1) is 27.0 Å². The van der Waals surface area contributed by atoms with Gasteiger partial charge in [-0.25, -0.2) is 8.42 Å². The van der Waals surface area contributed by atoms with Crippen LogP contribution in [0.4, 0.5) is 5.82 Å². The van der Waals surface area contributed by atoms with Gasteiger partial charge in [-0.3, -0.25) is 14.2 Å². The summed E-state index contributed by atoms with van der Waals surface area (Å²) in [6.45, 7) is 0.802. The number of nitrogens with two attached hydrogens (primary N) is 1. The Hall–Kier alpha value is -3.81. The van der Waals surface area contributed by atoms with Gasteiger partial charge in [-0.15, -0.1) is 12.4 Å². The molecular formula is C22H25ClN6O6S. The molecule has 0 aliphatic heterocycles. The zero-order chi connectivity index (χ0) is 25.2. The quantitative estimate of drug-likeness (QED) is 0.290. The summed E-state index contributed by atoms with van der Waals surface area (Å²) in [4.78, 5) is 11.7. The molecule has 2 heterocycles. The lowest BCUT2D eigenvalue weighted by Crippen LogP contribution is -2.19. The fourth-order valence-corrected chi connectivity index (χ4v) is 4.71. The molecule has 14 heteroatoms. The van der Waals surface area contributed by atoms with Crippen molar-refractivity contribution < 1.29 is 27.2 Å². The molecule has 4 N–H and O–H groups in total. The van der Waals surface area contributed by atoms with Crippen LogP contribution in [0.1, 0.15) is 21.5 Å². The lowest BCUT2D eigenvalue weighted by Gasteiger charge is -2.12. The first-order valence-corrected chi connectivity index (χ1v) is 11.9. The molecule has 2 aromatic heterocycles. The number of benzene rings is 2. The van der Waals surface area contributed by atoms with Crippen molar-refractivity contribution in [3.05, 3.63) is 59.4 Å². The van der Waals surface area contributed by atoms with Crippen molar-refractivity contribution in [1.82, 2.24) is 20.3 Å². The Morgan fingerprint density at radius 3 is 2.53 bits per heavy atom. The van der Waals surface area contributed by atoms with Crippen LogP contribution in [0.3, 0.4) is 0 Å². The molecule has 0 unspecified atom stereocenters. The van der Waals surface area contributed by atoms with E-state index in [0.29, 0.717) is 29.8 Å². The number of nitrogens with zero attached hydrogens (tertiary/aromatic N) is 3. The predicted octanol–water partition coefficient (Wildman–Crippen LogP) is 2.13. The monoisotopic (exact) mass is 536 g/mol. The van der Waals surface area contributed by atoms with E-state index in [0.717, 1.165) is 11.1 Å². The third-order valence-corrected chi connectivity index (χ3v) is 6.64. The molecule has 0 radical (unpaired) electrons. The highest BCUT2D eigenvalue weighted by Crippen LogP contribution is 2.36. The Morgan fingerprint density at radius 1 is 1.14 bits per heavy atom. The number of aromatic nitrogens is 3. The zero-order valence-electron chi connectivity index (χ0n) is 19.6. The first-order valence-electron chi connectivity index (χ1n) is 10.4. The summed E-state index contributed by atoms with van der Waals surface area (Å²) in [5.41, 5.74) is 7.91. The van der Waals surface area contributed by atoms with Crippen LogP contribution in [0.15, 0.2) is 52.1 Å². The van der Waals surface area contributed by atoms with Gasteiger partial charge in [0, 0.05) is 30.9 Å². The van der Waals surface area contributed by atoms with E-state index in [1.807, 2.05) is 6.20 Å². The summed E-state index contributed by atoms with van der Waals surface area (Å²) in [7, 11) is 0.0897. The number of rotatable bonds is 9. The summed E-state index contributed by atoms with van der Waals surface area (Å²) in [5, 5.41) is 11.0. The summed E-state index contributed by atoms with van der Waals surface area (Å²) < 4.78 is 46.6. The first kappa shape index (κ1) is 26.8. The second kappa shape index (κ2) is 10.8. The second-order valence-corrected chi connectivity index (χ2v) is 9.15. The molecule has 0 fully saturated rings. The Morgan fingerprint density at radius 2 is 1.89 bits per heavy atom. The number of nitrogens with one attached hydrogen (secondary N) is 2. The first-order chi connectivity index (χ1) is 16.8. The van der Waals surface area contributed by atoms with Crippen LogP contribution in [0.5, 0.6) is 11.5 Å². The van der Waals surface area contributed by atoms with E-state index < -0.39 is 10.0 Å². The van der Waals surface area contributed by atoms with Crippen molar-refractivity contribution in [3.8, 4) is 11.5 Å². The summed E-state index contributed by atoms with van der Waals surface area (Å²) >= 11 is 0. The molecule has 2 aromatic carbocycles. The van der Waals surface area contributed by atoms with Gasteiger partial charge in [0.15, 0.2) is 11.4 Å². The molecule has 36 heavy (non-hydrogen) atoms. The van der Waals surface area contributed by atoms with Gasteiger partial charge in [0.25, 0.3) is 15.9 Å². The highest BCUT2D eigenvalue weighted by Gasteiger charge is 2.25. The van der Waals surface area contributed by atoms with Crippen LogP contribution >= 0.6 is 12.4 Å². The van der Waals surface area contributed by atoms with Crippen LogP contribution in [-0.2, 0) is 23.1 Å². The molecule has 0 aliphatic rings. The van der Waals surface area contributed by atoms with Gasteiger partial charge in [-0.05, 0) is 35.9 Å². The van der Waals surface area contributed by atoms with Crippen LogP contribution in [0, 0.1) is 0 Å². The lowest BCUT2D eigenvalue weighted by atomic mass is 10.1. The van der Waals surface area contributed by atoms with Gasteiger partial charge in [-0.1, -0.05) is 5.16 Å². The lowest BCUT2D eigenvalue weighted by molar-refractivity contribution is 0.0962. The van der Waals surface area contributed by atoms with E-state index in [4.69, 9.17) is 19.7 Å². The number of amides is 1. The highest BCUT2D eigenvalue weighted by atomic mass is 35.5. The van der Waals surface area contributed by atoms with Gasteiger partial charge in [-0.2, -0.15) is 5.10 Å². The molecule has 0 atom stereocenters. The third-order valence-electron chi connectivity index (χ3n) is 5.26. The van der Waals surface area contributed by atoms with Crippen molar-refractivity contribution in [2.45, 2.75) is 18.0 Å². The Labute approximate surface area is 213 Å². The number of ether oxygens (including phenoxy) is 2.